The normalized spacial score (nSPS) is 10.9. The Bertz CT molecular complexity index is 1000. The third-order valence-corrected chi connectivity index (χ3v) is 5.61. The molecule has 0 fully saturated rings. The number of hydrogen-bond acceptors (Lipinski definition) is 5. The number of carbonyl (C=O) groups excluding carboxylic acids is 1. The summed E-state index contributed by atoms with van der Waals surface area (Å²) in [4.78, 5) is 17.2. The number of carbonyl (C=O) groups is 1. The molecular weight excluding hydrogens is 421 g/mol. The number of halogens is 1. The van der Waals surface area contributed by atoms with Crippen LogP contribution in [-0.2, 0) is 22.5 Å². The van der Waals surface area contributed by atoms with Crippen molar-refractivity contribution in [2.24, 2.45) is 0 Å². The van der Waals surface area contributed by atoms with Crippen LogP contribution in [0.25, 0.3) is 11.3 Å². The topological polar surface area (TPSA) is 58.8 Å². The molecule has 33 heavy (non-hydrogen) atoms. The Kier molecular flexibility index (Phi) is 9.01. The Labute approximate surface area is 194 Å². The lowest BCUT2D eigenvalue weighted by Gasteiger charge is -2.25. The van der Waals surface area contributed by atoms with Crippen LogP contribution in [0.5, 0.6) is 0 Å². The summed E-state index contributed by atoms with van der Waals surface area (Å²) in [5.74, 6) is 0.352. The lowest BCUT2D eigenvalue weighted by molar-refractivity contribution is -0.131. The van der Waals surface area contributed by atoms with E-state index in [1.165, 1.54) is 12.1 Å². The fourth-order valence-electron chi connectivity index (χ4n) is 3.80. The van der Waals surface area contributed by atoms with E-state index in [0.29, 0.717) is 37.7 Å². The highest BCUT2D eigenvalue weighted by atomic mass is 19.1. The quantitative estimate of drug-likeness (QED) is 0.364. The molecule has 0 aliphatic carbocycles. The molecule has 0 atom stereocenters. The maximum atomic E-state index is 13.5. The zero-order valence-electron chi connectivity index (χ0n) is 19.6. The Hall–Kier alpha value is -3.19. The standard InChI is InChI=1S/C26H32FN3O3/c1-4-29(5-2)26-23(25(28-33-26)21-12-14-22(27)15-13-21)19-30(16-9-17-32-3)24(31)18-20-10-7-6-8-11-20/h6-8,10-15H,4-5,9,16-19H2,1-3H3. The van der Waals surface area contributed by atoms with E-state index in [0.717, 1.165) is 36.2 Å². The van der Waals surface area contributed by atoms with Gasteiger partial charge in [-0.2, -0.15) is 0 Å². The average molecular weight is 454 g/mol. The number of methoxy groups -OCH3 is 1. The molecule has 7 heteroatoms. The molecule has 3 aromatic rings. The van der Waals surface area contributed by atoms with E-state index in [1.54, 1.807) is 19.2 Å². The number of aromatic nitrogens is 1. The first-order valence-electron chi connectivity index (χ1n) is 11.4. The molecule has 0 radical (unpaired) electrons. The maximum absolute atomic E-state index is 13.5. The van der Waals surface area contributed by atoms with Crippen LogP contribution in [0.2, 0.25) is 0 Å². The van der Waals surface area contributed by atoms with Crippen molar-refractivity contribution >= 4 is 11.8 Å². The van der Waals surface area contributed by atoms with Crippen LogP contribution >= 0.6 is 0 Å². The summed E-state index contributed by atoms with van der Waals surface area (Å²) in [5.41, 5.74) is 3.17. The minimum atomic E-state index is -0.313. The van der Waals surface area contributed by atoms with Gasteiger partial charge in [-0.25, -0.2) is 4.39 Å². The Morgan fingerprint density at radius 3 is 2.39 bits per heavy atom. The minimum absolute atomic E-state index is 0.0223. The second kappa shape index (κ2) is 12.2. The molecule has 0 N–H and O–H groups in total. The van der Waals surface area contributed by atoms with Gasteiger partial charge >= 0.3 is 0 Å². The van der Waals surface area contributed by atoms with Crippen molar-refractivity contribution in [3.05, 3.63) is 71.5 Å². The van der Waals surface area contributed by atoms with Gasteiger partial charge in [0, 0.05) is 38.9 Å². The van der Waals surface area contributed by atoms with Crippen LogP contribution in [0.3, 0.4) is 0 Å². The SMILES string of the molecule is CCN(CC)c1onc(-c2ccc(F)cc2)c1CN(CCCOC)C(=O)Cc1ccccc1. The largest absolute Gasteiger partial charge is 0.385 e. The van der Waals surface area contributed by atoms with Crippen LogP contribution in [0.15, 0.2) is 59.1 Å². The van der Waals surface area contributed by atoms with E-state index in [9.17, 15) is 9.18 Å². The average Bonchev–Trinajstić information content (AvgIpc) is 3.24. The molecule has 0 saturated heterocycles. The second-order valence-corrected chi connectivity index (χ2v) is 7.82. The zero-order chi connectivity index (χ0) is 23.6. The summed E-state index contributed by atoms with van der Waals surface area (Å²) in [5, 5.41) is 4.32. The molecule has 6 nitrogen and oxygen atoms in total. The van der Waals surface area contributed by atoms with Gasteiger partial charge in [-0.3, -0.25) is 4.79 Å². The molecule has 1 aromatic heterocycles. The van der Waals surface area contributed by atoms with Crippen LogP contribution in [-0.4, -0.2) is 49.3 Å². The highest BCUT2D eigenvalue weighted by Crippen LogP contribution is 2.33. The molecular formula is C26H32FN3O3. The predicted molar refractivity (Wildman–Crippen MR) is 128 cm³/mol. The highest BCUT2D eigenvalue weighted by molar-refractivity contribution is 5.79. The van der Waals surface area contributed by atoms with E-state index >= 15 is 0 Å². The predicted octanol–water partition coefficient (Wildman–Crippen LogP) is 4.93. The third kappa shape index (κ3) is 6.42. The number of amides is 1. The van der Waals surface area contributed by atoms with Crippen molar-refractivity contribution in [2.45, 2.75) is 33.2 Å². The van der Waals surface area contributed by atoms with Gasteiger partial charge in [0.15, 0.2) is 0 Å². The molecule has 0 aliphatic heterocycles. The smallest absolute Gasteiger partial charge is 0.232 e. The zero-order valence-corrected chi connectivity index (χ0v) is 19.6. The monoisotopic (exact) mass is 453 g/mol. The number of ether oxygens (including phenoxy) is 1. The maximum Gasteiger partial charge on any atom is 0.232 e. The number of rotatable bonds is 12. The van der Waals surface area contributed by atoms with Gasteiger partial charge in [0.1, 0.15) is 11.5 Å². The van der Waals surface area contributed by atoms with Gasteiger partial charge < -0.3 is 19.1 Å². The second-order valence-electron chi connectivity index (χ2n) is 7.82. The fourth-order valence-corrected chi connectivity index (χ4v) is 3.80. The molecule has 1 heterocycles. The van der Waals surface area contributed by atoms with Crippen molar-refractivity contribution in [3.63, 3.8) is 0 Å². The number of nitrogens with zero attached hydrogens (tertiary/aromatic N) is 3. The highest BCUT2D eigenvalue weighted by Gasteiger charge is 2.25. The first-order valence-corrected chi connectivity index (χ1v) is 11.4. The lowest BCUT2D eigenvalue weighted by Crippen LogP contribution is -2.34. The molecule has 0 spiro atoms. The molecule has 0 saturated carbocycles. The van der Waals surface area contributed by atoms with E-state index < -0.39 is 0 Å². The van der Waals surface area contributed by atoms with Crippen molar-refractivity contribution in [1.29, 1.82) is 0 Å². The van der Waals surface area contributed by atoms with E-state index in [2.05, 4.69) is 10.1 Å². The van der Waals surface area contributed by atoms with Crippen molar-refractivity contribution < 1.29 is 18.4 Å². The Morgan fingerprint density at radius 1 is 1.06 bits per heavy atom. The Balaban J connectivity index is 1.95. The van der Waals surface area contributed by atoms with E-state index in [-0.39, 0.29) is 11.7 Å². The van der Waals surface area contributed by atoms with Gasteiger partial charge in [-0.05, 0) is 50.1 Å². The number of benzene rings is 2. The van der Waals surface area contributed by atoms with Crippen molar-refractivity contribution in [2.75, 3.05) is 38.3 Å². The van der Waals surface area contributed by atoms with Gasteiger partial charge in [0.2, 0.25) is 11.8 Å². The molecule has 176 valence electrons. The fraction of sp³-hybridized carbons (Fsp3) is 0.385. The first-order chi connectivity index (χ1) is 16.1. The molecule has 0 aliphatic rings. The summed E-state index contributed by atoms with van der Waals surface area (Å²) >= 11 is 0. The van der Waals surface area contributed by atoms with Crippen molar-refractivity contribution in [1.82, 2.24) is 10.1 Å². The molecule has 0 unspecified atom stereocenters. The van der Waals surface area contributed by atoms with Gasteiger partial charge in [-0.1, -0.05) is 35.5 Å². The number of anilines is 1. The summed E-state index contributed by atoms with van der Waals surface area (Å²) < 4.78 is 24.5. The lowest BCUT2D eigenvalue weighted by atomic mass is 10.1. The summed E-state index contributed by atoms with van der Waals surface area (Å²) in [6, 6.07) is 15.9. The van der Waals surface area contributed by atoms with Crippen molar-refractivity contribution in [3.8, 4) is 11.3 Å². The number of hydrogen-bond donors (Lipinski definition) is 0. The van der Waals surface area contributed by atoms with E-state index in [4.69, 9.17) is 9.26 Å². The summed E-state index contributed by atoms with van der Waals surface area (Å²) in [6.07, 6.45) is 1.03. The Morgan fingerprint density at radius 2 is 1.76 bits per heavy atom. The van der Waals surface area contributed by atoms with E-state index in [1.807, 2.05) is 49.1 Å². The first kappa shape index (κ1) is 24.5. The van der Waals surface area contributed by atoms with Crippen LogP contribution in [0, 0.1) is 5.82 Å². The van der Waals surface area contributed by atoms with Gasteiger partial charge in [0.05, 0.1) is 18.5 Å². The molecule has 3 rings (SSSR count). The van der Waals surface area contributed by atoms with Crippen LogP contribution in [0.4, 0.5) is 10.3 Å². The minimum Gasteiger partial charge on any atom is -0.385 e. The summed E-state index contributed by atoms with van der Waals surface area (Å²) in [7, 11) is 1.65. The summed E-state index contributed by atoms with van der Waals surface area (Å²) in [6.45, 7) is 7.02. The van der Waals surface area contributed by atoms with Gasteiger partial charge in [-0.15, -0.1) is 0 Å². The third-order valence-electron chi connectivity index (χ3n) is 5.61. The van der Waals surface area contributed by atoms with Gasteiger partial charge in [0.25, 0.3) is 0 Å². The van der Waals surface area contributed by atoms with Crippen LogP contribution in [0.1, 0.15) is 31.4 Å². The molecule has 2 aromatic carbocycles. The molecule has 1 amide bonds. The van der Waals surface area contributed by atoms with Crippen LogP contribution < -0.4 is 4.90 Å². The molecule has 0 bridgehead atoms.